The van der Waals surface area contributed by atoms with Gasteiger partial charge in [-0.3, -0.25) is 24.0 Å². The highest BCUT2D eigenvalue weighted by molar-refractivity contribution is 6.28. The van der Waals surface area contributed by atoms with Gasteiger partial charge in [-0.2, -0.15) is 0 Å². The summed E-state index contributed by atoms with van der Waals surface area (Å²) in [5.41, 5.74) is -4.33. The number of hydrogen-bond acceptors (Lipinski definition) is 7. The van der Waals surface area contributed by atoms with Gasteiger partial charge in [0, 0.05) is 33.8 Å². The highest BCUT2D eigenvalue weighted by Crippen LogP contribution is 2.79. The minimum absolute atomic E-state index is 0.263. The van der Waals surface area contributed by atoms with Crippen LogP contribution in [-0.2, 0) is 24.0 Å². The molecule has 2 fully saturated rings. The van der Waals surface area contributed by atoms with Crippen molar-refractivity contribution < 1.29 is 33.4 Å². The third-order valence-electron chi connectivity index (χ3n) is 8.79. The van der Waals surface area contributed by atoms with E-state index in [1.165, 1.54) is 0 Å². The van der Waals surface area contributed by atoms with Crippen molar-refractivity contribution in [1.82, 2.24) is 0 Å². The number of carbonyl (C=O) groups excluding carboxylic acids is 5. The van der Waals surface area contributed by atoms with Crippen molar-refractivity contribution in [2.45, 2.75) is 53.4 Å². The normalized spacial score (nSPS) is 32.5. The Bertz CT molecular complexity index is 1360. The van der Waals surface area contributed by atoms with Crippen molar-refractivity contribution in [1.29, 1.82) is 0 Å². The van der Waals surface area contributed by atoms with Gasteiger partial charge in [0.25, 0.3) is 0 Å². The van der Waals surface area contributed by atoms with Crippen LogP contribution in [0, 0.1) is 33.5 Å². The topological polar surface area (TPSA) is 104 Å². The molecule has 0 aromatic heterocycles. The maximum absolute atomic E-state index is 14.9. The Kier molecular flexibility index (Phi) is 4.73. The highest BCUT2D eigenvalue weighted by Gasteiger charge is 2.90. The van der Waals surface area contributed by atoms with Crippen molar-refractivity contribution >= 4 is 29.3 Å². The second kappa shape index (κ2) is 7.28. The fourth-order valence-corrected chi connectivity index (χ4v) is 6.90. The third-order valence-corrected chi connectivity index (χ3v) is 8.79. The number of carbonyl (C=O) groups is 5. The van der Waals surface area contributed by atoms with Gasteiger partial charge in [-0.05, 0) is 12.1 Å². The zero-order valence-electron chi connectivity index (χ0n) is 22.3. The molecule has 2 heterocycles. The summed E-state index contributed by atoms with van der Waals surface area (Å²) >= 11 is 0. The summed E-state index contributed by atoms with van der Waals surface area (Å²) in [6.45, 7) is 10.4. The Hall–Kier alpha value is -3.61. The van der Waals surface area contributed by atoms with Crippen molar-refractivity contribution in [3.05, 3.63) is 59.7 Å². The van der Waals surface area contributed by atoms with E-state index >= 15 is 0 Å². The van der Waals surface area contributed by atoms with Gasteiger partial charge in [0.1, 0.15) is 33.9 Å². The molecule has 2 aromatic rings. The monoisotopic (exact) mass is 514 g/mol. The first-order chi connectivity index (χ1) is 17.7. The second-order valence-corrected chi connectivity index (χ2v) is 13.1. The average molecular weight is 515 g/mol. The quantitative estimate of drug-likeness (QED) is 0.338. The zero-order chi connectivity index (χ0) is 27.6. The number of hydrogen-bond donors (Lipinski definition) is 0. The van der Waals surface area contributed by atoms with Crippen LogP contribution in [0.5, 0.6) is 11.5 Å². The number of Topliss-reactive ketones (excluding diaryl/α,β-unsaturated/α-hetero) is 3. The first kappa shape index (κ1) is 24.7. The van der Waals surface area contributed by atoms with Gasteiger partial charge in [-0.1, -0.05) is 77.9 Å². The Labute approximate surface area is 220 Å². The van der Waals surface area contributed by atoms with E-state index in [2.05, 4.69) is 0 Å². The van der Waals surface area contributed by atoms with Crippen LogP contribution < -0.4 is 9.47 Å². The summed E-state index contributed by atoms with van der Waals surface area (Å²) in [6.07, 6.45) is 0. The van der Waals surface area contributed by atoms with Gasteiger partial charge in [-0.15, -0.1) is 0 Å². The molecular formula is C31H30O7. The SMILES string of the molecule is CC(C)(C)C(=O)[C@H]1[C@H]2c3ccccc3OC(=O)[C@]21C(=O)[C@]12C(=O)Oc3ccccc3[C@H]1[C@@H]2C(=O)C(C)(C)C. The molecule has 2 aliphatic carbocycles. The van der Waals surface area contributed by atoms with Gasteiger partial charge in [0.15, 0.2) is 5.78 Å². The Morgan fingerprint density at radius 3 is 1.32 bits per heavy atom. The van der Waals surface area contributed by atoms with E-state index in [9.17, 15) is 24.0 Å². The fraction of sp³-hybridized carbons (Fsp3) is 0.452. The summed E-state index contributed by atoms with van der Waals surface area (Å²) in [4.78, 5) is 70.0. The third kappa shape index (κ3) is 2.82. The zero-order valence-corrected chi connectivity index (χ0v) is 22.3. The van der Waals surface area contributed by atoms with Crippen molar-refractivity contribution in [3.63, 3.8) is 0 Å². The van der Waals surface area contributed by atoms with Crippen LogP contribution in [-0.4, -0.2) is 29.3 Å². The van der Waals surface area contributed by atoms with Gasteiger partial charge < -0.3 is 9.47 Å². The molecule has 0 bridgehead atoms. The summed E-state index contributed by atoms with van der Waals surface area (Å²) in [5.74, 6) is -5.89. The number of benzene rings is 2. The average Bonchev–Trinajstić information content (AvgIpc) is 3.73. The lowest BCUT2D eigenvalue weighted by atomic mass is 9.76. The Balaban J connectivity index is 1.56. The van der Waals surface area contributed by atoms with Crippen LogP contribution in [0.4, 0.5) is 0 Å². The van der Waals surface area contributed by atoms with E-state index in [0.29, 0.717) is 22.6 Å². The number of fused-ring (bicyclic) bond motifs is 6. The van der Waals surface area contributed by atoms with Gasteiger partial charge >= 0.3 is 11.9 Å². The first-order valence-corrected chi connectivity index (χ1v) is 13.0. The van der Waals surface area contributed by atoms with Crippen LogP contribution >= 0.6 is 0 Å². The van der Waals surface area contributed by atoms with E-state index in [1.54, 1.807) is 90.1 Å². The molecule has 7 heteroatoms. The summed E-state index contributed by atoms with van der Waals surface area (Å²) in [5, 5.41) is 0. The lowest BCUT2D eigenvalue weighted by Gasteiger charge is -2.29. The predicted molar refractivity (Wildman–Crippen MR) is 135 cm³/mol. The van der Waals surface area contributed by atoms with Crippen LogP contribution in [0.15, 0.2) is 48.5 Å². The largest absolute Gasteiger partial charge is 0.425 e. The first-order valence-electron chi connectivity index (χ1n) is 13.0. The van der Waals surface area contributed by atoms with Crippen molar-refractivity contribution in [2.24, 2.45) is 33.5 Å². The number of rotatable bonds is 4. The van der Waals surface area contributed by atoms with E-state index in [-0.39, 0.29) is 11.6 Å². The molecule has 0 N–H and O–H groups in total. The van der Waals surface area contributed by atoms with Gasteiger partial charge in [-0.25, -0.2) is 0 Å². The number of para-hydroxylation sites is 2. The van der Waals surface area contributed by atoms with Crippen LogP contribution in [0.1, 0.15) is 64.5 Å². The van der Waals surface area contributed by atoms with Gasteiger partial charge in [0.05, 0.1) is 11.8 Å². The molecule has 0 unspecified atom stereocenters. The molecule has 2 aliphatic heterocycles. The Morgan fingerprint density at radius 1 is 0.632 bits per heavy atom. The number of ether oxygens (including phenoxy) is 2. The van der Waals surface area contributed by atoms with Gasteiger partial charge in [0.2, 0.25) is 0 Å². The molecule has 4 aliphatic rings. The van der Waals surface area contributed by atoms with Crippen LogP contribution in [0.2, 0.25) is 0 Å². The minimum Gasteiger partial charge on any atom is -0.425 e. The molecule has 6 rings (SSSR count). The van der Waals surface area contributed by atoms with Crippen LogP contribution in [0.3, 0.4) is 0 Å². The maximum atomic E-state index is 14.9. The highest BCUT2D eigenvalue weighted by atomic mass is 16.5. The maximum Gasteiger partial charge on any atom is 0.326 e. The van der Waals surface area contributed by atoms with E-state index in [0.717, 1.165) is 0 Å². The molecule has 0 radical (unpaired) electrons. The lowest BCUT2D eigenvalue weighted by molar-refractivity contribution is -0.158. The standard InChI is InChI=1S/C31H30O7/c1-28(2,3)23(32)21-19-15-11-7-9-13-17(15)37-26(35)30(19,21)25(34)31-20(22(31)24(33)29(4,5)6)16-12-8-10-14-18(16)38-27(31)36/h7-14,19-22H,1-6H3/t19-,20+,21-,22-,30-,31+/m1/s1. The summed E-state index contributed by atoms with van der Waals surface area (Å²) in [6, 6.07) is 13.7. The molecule has 2 saturated carbocycles. The summed E-state index contributed by atoms with van der Waals surface area (Å²) in [7, 11) is 0. The predicted octanol–water partition coefficient (Wildman–Crippen LogP) is 4.42. The molecule has 0 amide bonds. The molecule has 2 aromatic carbocycles. The summed E-state index contributed by atoms with van der Waals surface area (Å²) < 4.78 is 11.4. The van der Waals surface area contributed by atoms with Crippen LogP contribution in [0.25, 0.3) is 0 Å². The molecular weight excluding hydrogens is 484 g/mol. The van der Waals surface area contributed by atoms with Crippen molar-refractivity contribution in [3.8, 4) is 11.5 Å². The number of esters is 2. The lowest BCUT2D eigenvalue weighted by Crippen LogP contribution is -2.48. The molecule has 38 heavy (non-hydrogen) atoms. The minimum atomic E-state index is -1.89. The van der Waals surface area contributed by atoms with E-state index in [1.807, 2.05) is 0 Å². The Morgan fingerprint density at radius 2 is 0.974 bits per heavy atom. The number of ketones is 3. The molecule has 196 valence electrons. The molecule has 0 saturated heterocycles. The molecule has 0 spiro atoms. The molecule has 6 atom stereocenters. The van der Waals surface area contributed by atoms with Crippen molar-refractivity contribution in [2.75, 3.05) is 0 Å². The second-order valence-electron chi connectivity index (χ2n) is 13.1. The fourth-order valence-electron chi connectivity index (χ4n) is 6.90. The van der Waals surface area contributed by atoms with E-state index < -0.39 is 63.1 Å². The molecule has 7 nitrogen and oxygen atoms in total. The van der Waals surface area contributed by atoms with E-state index in [4.69, 9.17) is 9.47 Å². The smallest absolute Gasteiger partial charge is 0.326 e.